The molecule has 0 aromatic carbocycles. The molecule has 0 aromatic rings. The van der Waals surface area contributed by atoms with Gasteiger partial charge >= 0.3 is 23.9 Å². The lowest BCUT2D eigenvalue weighted by atomic mass is 9.96. The molecule has 0 aliphatic carbocycles. The molecule has 1 rings (SSSR count). The fraction of sp³-hybridized carbons (Fsp3) is 0.833. The Bertz CT molecular complexity index is 834. The number of esters is 3. The molecule has 5 atom stereocenters. The fourth-order valence-electron chi connectivity index (χ4n) is 4.96. The van der Waals surface area contributed by atoms with E-state index in [1.54, 1.807) is 0 Å². The van der Waals surface area contributed by atoms with E-state index < -0.39 is 60.4 Å². The molecule has 0 aromatic heterocycles. The molecule has 0 spiro atoms. The molecule has 0 saturated carbocycles. The summed E-state index contributed by atoms with van der Waals surface area (Å²) in [6.45, 7) is 5.01. The van der Waals surface area contributed by atoms with E-state index in [4.69, 9.17) is 28.8 Å². The van der Waals surface area contributed by atoms with Crippen molar-refractivity contribution in [2.75, 3.05) is 13.2 Å². The SMILES string of the molecule is CC(=O)NC1C(OCCCCCCCCCCCCCCCC(=O)O)OC(COC(C)=O)C(OC(C)=O)C1OC(C)=O. The van der Waals surface area contributed by atoms with Crippen molar-refractivity contribution in [1.29, 1.82) is 0 Å². The van der Waals surface area contributed by atoms with Crippen LogP contribution in [-0.2, 0) is 47.7 Å². The van der Waals surface area contributed by atoms with Gasteiger partial charge in [-0.25, -0.2) is 0 Å². The zero-order valence-corrected chi connectivity index (χ0v) is 25.7. The van der Waals surface area contributed by atoms with Gasteiger partial charge in [0.2, 0.25) is 5.91 Å². The summed E-state index contributed by atoms with van der Waals surface area (Å²) in [7, 11) is 0. The summed E-state index contributed by atoms with van der Waals surface area (Å²) in [6, 6.07) is -0.950. The highest BCUT2D eigenvalue weighted by atomic mass is 16.7. The minimum absolute atomic E-state index is 0.259. The second kappa shape index (κ2) is 21.9. The number of hydrogen-bond acceptors (Lipinski definition) is 10. The van der Waals surface area contributed by atoms with Gasteiger partial charge < -0.3 is 34.1 Å². The predicted molar refractivity (Wildman–Crippen MR) is 152 cm³/mol. The molecule has 1 fully saturated rings. The topological polar surface area (TPSA) is 164 Å². The van der Waals surface area contributed by atoms with Crippen molar-refractivity contribution in [1.82, 2.24) is 5.32 Å². The Morgan fingerprint density at radius 2 is 1.14 bits per heavy atom. The first kappa shape index (κ1) is 37.3. The monoisotopic (exact) mass is 601 g/mol. The third-order valence-electron chi connectivity index (χ3n) is 6.89. The van der Waals surface area contributed by atoms with Crippen LogP contribution >= 0.6 is 0 Å². The number of carbonyl (C=O) groups excluding carboxylic acids is 4. The van der Waals surface area contributed by atoms with Gasteiger partial charge in [-0.3, -0.25) is 24.0 Å². The van der Waals surface area contributed by atoms with Crippen LogP contribution in [0.4, 0.5) is 0 Å². The number of amides is 1. The Morgan fingerprint density at radius 3 is 1.60 bits per heavy atom. The van der Waals surface area contributed by atoms with Crippen molar-refractivity contribution in [3.63, 3.8) is 0 Å². The Kier molecular flexibility index (Phi) is 19.4. The minimum Gasteiger partial charge on any atom is -0.481 e. The summed E-state index contributed by atoms with van der Waals surface area (Å²) in [6.07, 6.45) is 9.98. The summed E-state index contributed by atoms with van der Waals surface area (Å²) in [4.78, 5) is 57.7. The molecule has 1 aliphatic rings. The van der Waals surface area contributed by atoms with Crippen molar-refractivity contribution in [2.24, 2.45) is 0 Å². The number of hydrogen-bond donors (Lipinski definition) is 2. The largest absolute Gasteiger partial charge is 0.481 e. The number of rotatable bonds is 22. The Hall–Kier alpha value is -2.73. The first-order valence-electron chi connectivity index (χ1n) is 15.2. The number of aliphatic carboxylic acids is 1. The zero-order valence-electron chi connectivity index (χ0n) is 25.7. The number of nitrogens with one attached hydrogen (secondary N) is 1. The second-order valence-corrected chi connectivity index (χ2v) is 10.8. The van der Waals surface area contributed by atoms with Crippen molar-refractivity contribution in [2.45, 2.75) is 148 Å². The number of ether oxygens (including phenoxy) is 5. The Morgan fingerprint density at radius 1 is 0.667 bits per heavy atom. The van der Waals surface area contributed by atoms with Crippen LogP contribution in [0.5, 0.6) is 0 Å². The van der Waals surface area contributed by atoms with Gasteiger partial charge in [-0.2, -0.15) is 0 Å². The van der Waals surface area contributed by atoms with Crippen molar-refractivity contribution in [3.05, 3.63) is 0 Å². The molecule has 12 nitrogen and oxygen atoms in total. The van der Waals surface area contributed by atoms with E-state index in [0.29, 0.717) is 6.61 Å². The van der Waals surface area contributed by atoms with E-state index in [2.05, 4.69) is 5.32 Å². The molecule has 42 heavy (non-hydrogen) atoms. The maximum absolute atomic E-state index is 12.0. The molecular formula is C30H51NO11. The maximum atomic E-state index is 12.0. The number of carboxylic acid groups (broad SMARTS) is 1. The van der Waals surface area contributed by atoms with E-state index in [0.717, 1.165) is 44.9 Å². The molecule has 2 N–H and O–H groups in total. The molecule has 0 bridgehead atoms. The molecule has 242 valence electrons. The van der Waals surface area contributed by atoms with Gasteiger partial charge in [-0.05, 0) is 12.8 Å². The van der Waals surface area contributed by atoms with Crippen LogP contribution in [0.15, 0.2) is 0 Å². The average Bonchev–Trinajstić information content (AvgIpc) is 2.89. The standard InChI is InChI=1S/C30H51NO11/c1-21(32)31-27-29(41-24(4)35)28(40-23(3)34)25(20-39-22(2)33)42-30(27)38-19-17-15-13-11-9-7-5-6-8-10-12-14-16-18-26(36)37/h25,27-30H,5-20H2,1-4H3,(H,31,32)(H,36,37). The number of unbranched alkanes of at least 4 members (excludes halogenated alkanes) is 12. The van der Waals surface area contributed by atoms with Gasteiger partial charge in [0.25, 0.3) is 0 Å². The molecule has 12 heteroatoms. The molecule has 1 amide bonds. The summed E-state index contributed by atoms with van der Waals surface area (Å²) in [5.41, 5.74) is 0. The van der Waals surface area contributed by atoms with E-state index in [1.807, 2.05) is 0 Å². The quantitative estimate of drug-likeness (QED) is 0.104. The highest BCUT2D eigenvalue weighted by Crippen LogP contribution is 2.28. The molecule has 5 unspecified atom stereocenters. The molecule has 1 aliphatic heterocycles. The first-order chi connectivity index (χ1) is 20.0. The average molecular weight is 602 g/mol. The number of carboxylic acids is 1. The highest BCUT2D eigenvalue weighted by Gasteiger charge is 2.51. The van der Waals surface area contributed by atoms with Crippen molar-refractivity contribution >= 4 is 29.8 Å². The zero-order chi connectivity index (χ0) is 31.3. The molecular weight excluding hydrogens is 550 g/mol. The van der Waals surface area contributed by atoms with E-state index >= 15 is 0 Å². The van der Waals surface area contributed by atoms with E-state index in [1.165, 1.54) is 66.2 Å². The Balaban J connectivity index is 2.47. The normalized spacial score (nSPS) is 21.8. The predicted octanol–water partition coefficient (Wildman–Crippen LogP) is 4.21. The van der Waals surface area contributed by atoms with Crippen LogP contribution in [0.25, 0.3) is 0 Å². The second-order valence-electron chi connectivity index (χ2n) is 10.8. The lowest BCUT2D eigenvalue weighted by molar-refractivity contribution is -0.277. The Labute approximate surface area is 249 Å². The van der Waals surface area contributed by atoms with Gasteiger partial charge in [0.1, 0.15) is 18.8 Å². The molecule has 1 saturated heterocycles. The van der Waals surface area contributed by atoms with Crippen molar-refractivity contribution < 1.29 is 52.8 Å². The van der Waals surface area contributed by atoms with Gasteiger partial charge in [0.15, 0.2) is 18.5 Å². The first-order valence-corrected chi connectivity index (χ1v) is 15.2. The molecule has 0 radical (unpaired) electrons. The van der Waals surface area contributed by atoms with Crippen molar-refractivity contribution in [3.8, 4) is 0 Å². The van der Waals surface area contributed by atoms with Crippen LogP contribution < -0.4 is 5.32 Å². The number of carbonyl (C=O) groups is 5. The lowest BCUT2D eigenvalue weighted by Gasteiger charge is -2.44. The summed E-state index contributed by atoms with van der Waals surface area (Å²) >= 11 is 0. The van der Waals surface area contributed by atoms with Gasteiger partial charge in [0.05, 0.1) is 0 Å². The fourth-order valence-corrected chi connectivity index (χ4v) is 4.96. The van der Waals surface area contributed by atoms with Crippen LogP contribution in [0.1, 0.15) is 118 Å². The van der Waals surface area contributed by atoms with Gasteiger partial charge in [-0.15, -0.1) is 0 Å². The van der Waals surface area contributed by atoms with Crippen LogP contribution in [0, 0.1) is 0 Å². The smallest absolute Gasteiger partial charge is 0.303 e. The minimum atomic E-state index is -1.13. The molecule has 1 heterocycles. The summed E-state index contributed by atoms with van der Waals surface area (Å²) in [5, 5.41) is 11.3. The van der Waals surface area contributed by atoms with Crippen LogP contribution in [0.3, 0.4) is 0 Å². The van der Waals surface area contributed by atoms with Gasteiger partial charge in [0, 0.05) is 40.7 Å². The lowest BCUT2D eigenvalue weighted by Crippen LogP contribution is -2.66. The van der Waals surface area contributed by atoms with Crippen LogP contribution in [0.2, 0.25) is 0 Å². The summed E-state index contributed by atoms with van der Waals surface area (Å²) in [5.74, 6) is -2.99. The highest BCUT2D eigenvalue weighted by molar-refractivity contribution is 5.73. The maximum Gasteiger partial charge on any atom is 0.303 e. The summed E-state index contributed by atoms with van der Waals surface area (Å²) < 4.78 is 27.9. The van der Waals surface area contributed by atoms with E-state index in [-0.39, 0.29) is 13.0 Å². The van der Waals surface area contributed by atoms with E-state index in [9.17, 15) is 24.0 Å². The van der Waals surface area contributed by atoms with Gasteiger partial charge in [-0.1, -0.05) is 70.6 Å². The third-order valence-corrected chi connectivity index (χ3v) is 6.89. The van der Waals surface area contributed by atoms with Crippen LogP contribution in [-0.4, -0.2) is 78.7 Å². The third kappa shape index (κ3) is 17.3.